The largest absolute Gasteiger partial charge is 0.456 e. The van der Waals surface area contributed by atoms with Crippen molar-refractivity contribution in [3.63, 3.8) is 0 Å². The maximum atomic E-state index is 13.2. The van der Waals surface area contributed by atoms with E-state index < -0.39 is 0 Å². The molecule has 0 bridgehead atoms. The van der Waals surface area contributed by atoms with Crippen molar-refractivity contribution in [2.24, 2.45) is 0 Å². The lowest BCUT2D eigenvalue weighted by Gasteiger charge is -2.06. The Balaban J connectivity index is 2.28. The van der Waals surface area contributed by atoms with Gasteiger partial charge in [0, 0.05) is 21.5 Å². The van der Waals surface area contributed by atoms with Gasteiger partial charge in [-0.3, -0.25) is 4.79 Å². The van der Waals surface area contributed by atoms with Crippen LogP contribution in [0.4, 0.5) is 0 Å². The van der Waals surface area contributed by atoms with Crippen molar-refractivity contribution in [1.82, 2.24) is 0 Å². The Morgan fingerprint density at radius 2 is 1.00 bits per heavy atom. The SMILES string of the molecule is O=c1c2cccc3cccc(oc4cccc5cccc1c54)c32. The highest BCUT2D eigenvalue weighted by Crippen LogP contribution is 2.29. The minimum absolute atomic E-state index is 0.0457. The summed E-state index contributed by atoms with van der Waals surface area (Å²) in [4.78, 5) is 13.2. The Hall–Kier alpha value is -3.13. The van der Waals surface area contributed by atoms with Gasteiger partial charge < -0.3 is 4.42 Å². The van der Waals surface area contributed by atoms with E-state index in [-0.39, 0.29) is 5.43 Å². The second-order valence-electron chi connectivity index (χ2n) is 5.75. The van der Waals surface area contributed by atoms with Crippen LogP contribution in [0.15, 0.2) is 82.0 Å². The molecule has 0 radical (unpaired) electrons. The van der Waals surface area contributed by atoms with Gasteiger partial charge in [0.05, 0.1) is 0 Å². The molecule has 5 aromatic rings. The molecule has 0 aliphatic heterocycles. The molecule has 0 saturated carbocycles. The lowest BCUT2D eigenvalue weighted by molar-refractivity contribution is 0.663. The van der Waals surface area contributed by atoms with Crippen molar-refractivity contribution in [3.8, 4) is 0 Å². The lowest BCUT2D eigenvalue weighted by Crippen LogP contribution is -2.01. The highest BCUT2D eigenvalue weighted by atomic mass is 16.3. The highest BCUT2D eigenvalue weighted by Gasteiger charge is 2.10. The topological polar surface area (TPSA) is 30.2 Å². The molecule has 0 N–H and O–H groups in total. The Morgan fingerprint density at radius 1 is 0.565 bits per heavy atom. The monoisotopic (exact) mass is 296 g/mol. The average Bonchev–Trinajstić information content (AvgIpc) is 2.60. The normalized spacial score (nSPS) is 11.7. The predicted molar refractivity (Wildman–Crippen MR) is 95.0 cm³/mol. The molecule has 0 atom stereocenters. The maximum absolute atomic E-state index is 13.2. The van der Waals surface area contributed by atoms with Crippen LogP contribution >= 0.6 is 0 Å². The van der Waals surface area contributed by atoms with Crippen molar-refractivity contribution in [2.45, 2.75) is 0 Å². The first-order chi connectivity index (χ1) is 11.3. The molecule has 108 valence electrons. The van der Waals surface area contributed by atoms with Crippen LogP contribution in [0.5, 0.6) is 0 Å². The summed E-state index contributed by atoms with van der Waals surface area (Å²) in [5.41, 5.74) is 1.51. The summed E-state index contributed by atoms with van der Waals surface area (Å²) >= 11 is 0. The van der Waals surface area contributed by atoms with Crippen molar-refractivity contribution in [3.05, 3.63) is 83.0 Å². The zero-order chi connectivity index (χ0) is 15.4. The molecule has 4 aromatic carbocycles. The molecule has 0 saturated heterocycles. The smallest absolute Gasteiger partial charge is 0.194 e. The molecule has 0 unspecified atom stereocenters. The van der Waals surface area contributed by atoms with E-state index in [1.54, 1.807) is 0 Å². The van der Waals surface area contributed by atoms with Crippen LogP contribution < -0.4 is 5.43 Å². The number of benzene rings is 4. The van der Waals surface area contributed by atoms with E-state index in [0.29, 0.717) is 10.8 Å². The first-order valence-corrected chi connectivity index (χ1v) is 7.59. The van der Waals surface area contributed by atoms with Crippen LogP contribution in [0.1, 0.15) is 0 Å². The van der Waals surface area contributed by atoms with Crippen molar-refractivity contribution in [1.29, 1.82) is 0 Å². The third-order valence-corrected chi connectivity index (χ3v) is 4.44. The van der Waals surface area contributed by atoms with Crippen LogP contribution in [0, 0.1) is 0 Å². The number of hydrogen-bond donors (Lipinski definition) is 0. The summed E-state index contributed by atoms with van der Waals surface area (Å²) in [6, 6.07) is 23.4. The maximum Gasteiger partial charge on any atom is 0.194 e. The molecule has 1 aromatic heterocycles. The minimum Gasteiger partial charge on any atom is -0.456 e. The van der Waals surface area contributed by atoms with E-state index in [4.69, 9.17) is 4.42 Å². The van der Waals surface area contributed by atoms with E-state index in [1.807, 2.05) is 72.8 Å². The molecule has 0 aliphatic carbocycles. The highest BCUT2D eigenvalue weighted by molar-refractivity contribution is 6.13. The molecule has 23 heavy (non-hydrogen) atoms. The van der Waals surface area contributed by atoms with Crippen LogP contribution in [-0.4, -0.2) is 0 Å². The van der Waals surface area contributed by atoms with Gasteiger partial charge in [0.15, 0.2) is 5.43 Å². The van der Waals surface area contributed by atoms with Crippen molar-refractivity contribution in [2.75, 3.05) is 0 Å². The molecule has 2 nitrogen and oxygen atoms in total. The summed E-state index contributed by atoms with van der Waals surface area (Å²) in [6.45, 7) is 0. The van der Waals surface area contributed by atoms with E-state index in [9.17, 15) is 4.79 Å². The lowest BCUT2D eigenvalue weighted by atomic mass is 10.0. The van der Waals surface area contributed by atoms with E-state index >= 15 is 0 Å². The third-order valence-electron chi connectivity index (χ3n) is 4.44. The minimum atomic E-state index is 0.0457. The Kier molecular flexibility index (Phi) is 2.39. The van der Waals surface area contributed by atoms with Crippen molar-refractivity contribution < 1.29 is 4.42 Å². The van der Waals surface area contributed by atoms with Gasteiger partial charge in [-0.05, 0) is 22.9 Å². The zero-order valence-electron chi connectivity index (χ0n) is 12.2. The first kappa shape index (κ1) is 12.4. The molecular weight excluding hydrogens is 284 g/mol. The predicted octanol–water partition coefficient (Wildman–Crippen LogP) is 5.25. The Labute approximate surface area is 131 Å². The van der Waals surface area contributed by atoms with Gasteiger partial charge in [0.25, 0.3) is 0 Å². The van der Waals surface area contributed by atoms with Crippen LogP contribution in [-0.2, 0) is 0 Å². The molecule has 0 aliphatic rings. The number of rotatable bonds is 0. The first-order valence-electron chi connectivity index (χ1n) is 7.59. The number of hydrogen-bond acceptors (Lipinski definition) is 2. The van der Waals surface area contributed by atoms with Crippen LogP contribution in [0.25, 0.3) is 43.5 Å². The van der Waals surface area contributed by atoms with Crippen LogP contribution in [0.2, 0.25) is 0 Å². The second kappa shape index (κ2) is 4.43. The van der Waals surface area contributed by atoms with Crippen molar-refractivity contribution >= 4 is 43.5 Å². The zero-order valence-corrected chi connectivity index (χ0v) is 12.2. The summed E-state index contributed by atoms with van der Waals surface area (Å²) in [6.07, 6.45) is 0. The van der Waals surface area contributed by atoms with E-state index in [2.05, 4.69) is 0 Å². The molecule has 0 amide bonds. The van der Waals surface area contributed by atoms with E-state index in [0.717, 1.165) is 32.7 Å². The van der Waals surface area contributed by atoms with Gasteiger partial charge in [0.1, 0.15) is 11.2 Å². The molecule has 5 rings (SSSR count). The molecule has 0 spiro atoms. The van der Waals surface area contributed by atoms with Gasteiger partial charge in [-0.1, -0.05) is 60.7 Å². The molecule has 1 heterocycles. The molecule has 0 fully saturated rings. The summed E-state index contributed by atoms with van der Waals surface area (Å²) < 4.78 is 6.22. The van der Waals surface area contributed by atoms with Gasteiger partial charge in [-0.25, -0.2) is 0 Å². The van der Waals surface area contributed by atoms with Gasteiger partial charge in [0.2, 0.25) is 0 Å². The molecule has 2 heteroatoms. The van der Waals surface area contributed by atoms with E-state index in [1.165, 1.54) is 0 Å². The van der Waals surface area contributed by atoms with Crippen LogP contribution in [0.3, 0.4) is 0 Å². The Bertz CT molecular complexity index is 1170. The quantitative estimate of drug-likeness (QED) is 0.390. The summed E-state index contributed by atoms with van der Waals surface area (Å²) in [5.74, 6) is 0. The fourth-order valence-electron chi connectivity index (χ4n) is 3.43. The summed E-state index contributed by atoms with van der Waals surface area (Å²) in [7, 11) is 0. The average molecular weight is 296 g/mol. The van der Waals surface area contributed by atoms with Gasteiger partial charge in [-0.15, -0.1) is 0 Å². The summed E-state index contributed by atoms with van der Waals surface area (Å²) in [5, 5.41) is 5.18. The molecular formula is C21H12O2. The fraction of sp³-hybridized carbons (Fsp3) is 0. The fourth-order valence-corrected chi connectivity index (χ4v) is 3.43. The third kappa shape index (κ3) is 1.66. The van der Waals surface area contributed by atoms with Gasteiger partial charge >= 0.3 is 0 Å². The van der Waals surface area contributed by atoms with Gasteiger partial charge in [-0.2, -0.15) is 0 Å². The standard InChI is InChI=1S/C21H12O2/c22-21-15-9-1-5-13-7-3-11-17(19(13)15)23-18-12-4-8-14-6-2-10-16(21)20(14)18/h1-12H. The second-order valence-corrected chi connectivity index (χ2v) is 5.75. The Morgan fingerprint density at radius 3 is 1.48 bits per heavy atom.